The first kappa shape index (κ1) is 27.6. The number of methoxy groups -OCH3 is 1. The zero-order valence-corrected chi connectivity index (χ0v) is 20.7. The van der Waals surface area contributed by atoms with Gasteiger partial charge in [0.2, 0.25) is 0 Å². The summed E-state index contributed by atoms with van der Waals surface area (Å²) in [6, 6.07) is 11.3. The molecule has 0 aliphatic carbocycles. The Morgan fingerprint density at radius 1 is 1.13 bits per heavy atom. The first-order chi connectivity index (χ1) is 18.5. The van der Waals surface area contributed by atoms with Crippen LogP contribution in [0.5, 0.6) is 5.75 Å². The molecule has 2 aromatic carbocycles. The highest BCUT2D eigenvalue weighted by molar-refractivity contribution is 6.00. The van der Waals surface area contributed by atoms with E-state index in [-0.39, 0.29) is 29.5 Å². The monoisotopic (exact) mass is 548 g/mol. The van der Waals surface area contributed by atoms with Gasteiger partial charge >= 0.3 is 18.1 Å². The van der Waals surface area contributed by atoms with E-state index in [1.807, 2.05) is 0 Å². The average molecular weight is 548 g/mol. The lowest BCUT2D eigenvalue weighted by molar-refractivity contribution is -0.384. The summed E-state index contributed by atoms with van der Waals surface area (Å²) in [6.45, 7) is 2.03. The van der Waals surface area contributed by atoms with E-state index < -0.39 is 45.9 Å². The van der Waals surface area contributed by atoms with Crippen LogP contribution in [0.2, 0.25) is 0 Å². The fraction of sp³-hybridized carbons (Fsp3) is 0.308. The topological polar surface area (TPSA) is 130 Å². The molecule has 2 unspecified atom stereocenters. The molecule has 2 aliphatic heterocycles. The predicted octanol–water partition coefficient (Wildman–Crippen LogP) is 4.07. The summed E-state index contributed by atoms with van der Waals surface area (Å²) in [5, 5.41) is 13.5. The third-order valence-corrected chi connectivity index (χ3v) is 6.02. The van der Waals surface area contributed by atoms with Gasteiger partial charge in [-0.15, -0.1) is 0 Å². The third-order valence-electron chi connectivity index (χ3n) is 6.02. The average Bonchev–Trinajstić information content (AvgIpc) is 3.74. The number of carbonyl (C=O) groups excluding carboxylic acids is 2. The van der Waals surface area contributed by atoms with Crippen LogP contribution < -0.4 is 10.1 Å². The number of dihydropyridines is 1. The smallest absolute Gasteiger partial charge is 0.431 e. The lowest BCUT2D eigenvalue weighted by atomic mass is 9.80. The molecule has 10 nitrogen and oxygen atoms in total. The molecular formula is C26H23F3N2O8. The van der Waals surface area contributed by atoms with Crippen molar-refractivity contribution in [1.29, 1.82) is 0 Å². The van der Waals surface area contributed by atoms with Gasteiger partial charge in [-0.25, -0.2) is 9.59 Å². The number of carbonyl (C=O) groups is 2. The number of esters is 2. The summed E-state index contributed by atoms with van der Waals surface area (Å²) in [5.74, 6) is -3.47. The van der Waals surface area contributed by atoms with Gasteiger partial charge < -0.3 is 24.3 Å². The zero-order valence-electron chi connectivity index (χ0n) is 20.7. The quantitative estimate of drug-likeness (QED) is 0.213. The van der Waals surface area contributed by atoms with Crippen LogP contribution >= 0.6 is 0 Å². The van der Waals surface area contributed by atoms with E-state index in [4.69, 9.17) is 14.2 Å². The Bertz CT molecular complexity index is 1350. The van der Waals surface area contributed by atoms with Crippen molar-refractivity contribution in [2.75, 3.05) is 20.3 Å². The van der Waals surface area contributed by atoms with Crippen LogP contribution in [0.4, 0.5) is 18.9 Å². The number of epoxide rings is 1. The number of nitro groups is 1. The van der Waals surface area contributed by atoms with Crippen molar-refractivity contribution in [3.05, 3.63) is 92.3 Å². The lowest BCUT2D eigenvalue weighted by Crippen LogP contribution is -2.38. The molecule has 2 aliphatic rings. The van der Waals surface area contributed by atoms with E-state index in [0.29, 0.717) is 24.5 Å². The Morgan fingerprint density at radius 2 is 1.82 bits per heavy atom. The van der Waals surface area contributed by atoms with Crippen molar-refractivity contribution in [1.82, 2.24) is 5.32 Å². The second-order valence-corrected chi connectivity index (χ2v) is 8.71. The van der Waals surface area contributed by atoms with Gasteiger partial charge in [0, 0.05) is 17.8 Å². The molecule has 13 heteroatoms. The Hall–Kier alpha value is -4.39. The number of hydrogen-bond donors (Lipinski definition) is 1. The second kappa shape index (κ2) is 11.2. The molecule has 206 valence electrons. The van der Waals surface area contributed by atoms with Gasteiger partial charge in [0.15, 0.2) is 0 Å². The van der Waals surface area contributed by atoms with E-state index in [2.05, 4.69) is 10.1 Å². The normalized spacial score (nSPS) is 18.8. The number of halogens is 3. The number of non-ortho nitro benzene ring substituents is 1. The minimum atomic E-state index is -5.03. The van der Waals surface area contributed by atoms with Crippen LogP contribution in [0.1, 0.15) is 24.0 Å². The largest absolute Gasteiger partial charge is 0.491 e. The van der Waals surface area contributed by atoms with E-state index >= 15 is 0 Å². The molecule has 0 amide bonds. The molecule has 0 aromatic heterocycles. The minimum Gasteiger partial charge on any atom is -0.491 e. The first-order valence-corrected chi connectivity index (χ1v) is 11.6. The summed E-state index contributed by atoms with van der Waals surface area (Å²) >= 11 is 0. The molecule has 2 atom stereocenters. The highest BCUT2D eigenvalue weighted by Gasteiger charge is 2.47. The van der Waals surface area contributed by atoms with E-state index in [1.54, 1.807) is 24.3 Å². The second-order valence-electron chi connectivity index (χ2n) is 8.71. The van der Waals surface area contributed by atoms with Gasteiger partial charge in [-0.2, -0.15) is 13.2 Å². The number of nitrogens with one attached hydrogen (secondary N) is 1. The maximum absolute atomic E-state index is 14.0. The van der Waals surface area contributed by atoms with Gasteiger partial charge in [-0.3, -0.25) is 10.1 Å². The number of alkyl halides is 3. The Balaban J connectivity index is 1.66. The van der Waals surface area contributed by atoms with Gasteiger partial charge in [0.1, 0.15) is 30.8 Å². The number of benzene rings is 2. The van der Waals surface area contributed by atoms with Gasteiger partial charge in [-0.05, 0) is 30.2 Å². The van der Waals surface area contributed by atoms with Crippen LogP contribution in [0.3, 0.4) is 0 Å². The van der Waals surface area contributed by atoms with Crippen LogP contribution in [-0.4, -0.2) is 49.5 Å². The minimum absolute atomic E-state index is 0.0760. The SMILES string of the molecule is COC(=O)C1=C(C(F)(F)F)NC(C)=C(C(=O)OCc2ccc(OCC3CO3)cc2)C1c1cccc([N+](=O)[O-])c1. The molecular weight excluding hydrogens is 525 g/mol. The molecule has 1 fully saturated rings. The van der Waals surface area contributed by atoms with E-state index in [0.717, 1.165) is 19.2 Å². The highest BCUT2D eigenvalue weighted by Crippen LogP contribution is 2.44. The fourth-order valence-electron chi connectivity index (χ4n) is 4.06. The number of allylic oxidation sites excluding steroid dienone is 2. The number of hydrogen-bond acceptors (Lipinski definition) is 9. The Morgan fingerprint density at radius 3 is 2.41 bits per heavy atom. The Labute approximate surface area is 220 Å². The number of ether oxygens (including phenoxy) is 4. The van der Waals surface area contributed by atoms with Gasteiger partial charge in [-0.1, -0.05) is 24.3 Å². The van der Waals surface area contributed by atoms with Crippen molar-refractivity contribution >= 4 is 17.6 Å². The van der Waals surface area contributed by atoms with E-state index in [1.165, 1.54) is 19.1 Å². The molecule has 1 N–H and O–H groups in total. The molecule has 4 rings (SSSR count). The Kier molecular flexibility index (Phi) is 7.90. The number of nitrogens with zero attached hydrogens (tertiary/aromatic N) is 1. The standard InChI is InChI=1S/C26H23F3N2O8/c1-14-20(25(33)39-11-15-6-8-18(9-7-15)37-12-19-13-38-19)21(16-4-3-5-17(10-16)31(34)35)22(24(32)36-2)23(30-14)26(27,28)29/h3-10,19,21,30H,11-13H2,1-2H3. The molecule has 0 radical (unpaired) electrons. The highest BCUT2D eigenvalue weighted by atomic mass is 19.4. The first-order valence-electron chi connectivity index (χ1n) is 11.6. The molecule has 39 heavy (non-hydrogen) atoms. The summed E-state index contributed by atoms with van der Waals surface area (Å²) in [5.41, 5.74) is -2.90. The summed E-state index contributed by atoms with van der Waals surface area (Å²) in [7, 11) is 0.891. The molecule has 0 spiro atoms. The summed E-state index contributed by atoms with van der Waals surface area (Å²) < 4.78 is 62.7. The number of nitro benzene ring substituents is 1. The molecule has 2 aromatic rings. The molecule has 0 bridgehead atoms. The van der Waals surface area contributed by atoms with Gasteiger partial charge in [0.25, 0.3) is 5.69 Å². The molecule has 2 heterocycles. The van der Waals surface area contributed by atoms with E-state index in [9.17, 15) is 32.9 Å². The van der Waals surface area contributed by atoms with Crippen molar-refractivity contribution in [2.24, 2.45) is 0 Å². The summed E-state index contributed by atoms with van der Waals surface area (Å²) in [6.07, 6.45) is -4.96. The van der Waals surface area contributed by atoms with Crippen LogP contribution in [-0.2, 0) is 30.4 Å². The maximum atomic E-state index is 14.0. The van der Waals surface area contributed by atoms with Crippen LogP contribution in [0.15, 0.2) is 71.1 Å². The third kappa shape index (κ3) is 6.37. The molecule has 1 saturated heterocycles. The lowest BCUT2D eigenvalue weighted by Gasteiger charge is -2.31. The summed E-state index contributed by atoms with van der Waals surface area (Å²) in [4.78, 5) is 36.6. The fourth-order valence-corrected chi connectivity index (χ4v) is 4.06. The molecule has 0 saturated carbocycles. The van der Waals surface area contributed by atoms with Crippen LogP contribution in [0.25, 0.3) is 0 Å². The van der Waals surface area contributed by atoms with Crippen molar-refractivity contribution in [3.8, 4) is 5.75 Å². The predicted molar refractivity (Wildman–Crippen MR) is 128 cm³/mol. The number of rotatable bonds is 9. The van der Waals surface area contributed by atoms with Crippen molar-refractivity contribution in [2.45, 2.75) is 31.7 Å². The maximum Gasteiger partial charge on any atom is 0.431 e. The van der Waals surface area contributed by atoms with Gasteiger partial charge in [0.05, 0.1) is 35.7 Å². The van der Waals surface area contributed by atoms with Crippen LogP contribution in [0, 0.1) is 10.1 Å². The zero-order chi connectivity index (χ0) is 28.3. The van der Waals surface area contributed by atoms with Crippen molar-refractivity contribution in [3.63, 3.8) is 0 Å². The van der Waals surface area contributed by atoms with Crippen molar-refractivity contribution < 1.29 is 46.6 Å².